The minimum absolute atomic E-state index is 0.0408. The highest BCUT2D eigenvalue weighted by molar-refractivity contribution is 6.03. The molecule has 7 unspecified atom stereocenters. The summed E-state index contributed by atoms with van der Waals surface area (Å²) >= 11 is 0. The number of carbonyl (C=O) groups excluding carboxylic acids is 1. The summed E-state index contributed by atoms with van der Waals surface area (Å²) in [5, 5.41) is 36.3. The molecule has 58 heavy (non-hydrogen) atoms. The van der Waals surface area contributed by atoms with Crippen LogP contribution in [0.2, 0.25) is 0 Å². The second-order valence-corrected chi connectivity index (χ2v) is 16.3. The average molecular weight is 802 g/mol. The fourth-order valence-corrected chi connectivity index (χ4v) is 9.65. The van der Waals surface area contributed by atoms with Gasteiger partial charge < -0.3 is 38.9 Å². The Hall–Kier alpha value is -4.30. The number of allylic oxidation sites excluding steroid dienone is 1. The van der Waals surface area contributed by atoms with Crippen molar-refractivity contribution in [2.75, 3.05) is 33.0 Å². The van der Waals surface area contributed by atoms with Crippen molar-refractivity contribution in [1.82, 2.24) is 4.90 Å². The lowest BCUT2D eigenvalue weighted by molar-refractivity contribution is -0.384. The number of oxime groups is 1. The number of fused-ring (bicyclic) bond motifs is 2. The zero-order chi connectivity index (χ0) is 40.6. The topological polar surface area (TPSA) is 162 Å². The normalized spacial score (nSPS) is 28.1. The van der Waals surface area contributed by atoms with Crippen LogP contribution >= 0.6 is 0 Å². The number of aliphatic hydroxyl groups is 2. The maximum Gasteiger partial charge on any atom is 0.273 e. The molecule has 13 heteroatoms. The summed E-state index contributed by atoms with van der Waals surface area (Å²) < 4.78 is 26.7. The first-order valence-corrected chi connectivity index (χ1v) is 21.4. The summed E-state index contributed by atoms with van der Waals surface area (Å²) in [5.74, 6) is -0.372. The van der Waals surface area contributed by atoms with E-state index in [1.54, 1.807) is 24.3 Å². The van der Waals surface area contributed by atoms with Crippen LogP contribution in [-0.4, -0.2) is 82.7 Å². The molecule has 7 atom stereocenters. The van der Waals surface area contributed by atoms with E-state index in [-0.39, 0.29) is 55.1 Å². The molecule has 2 heterocycles. The van der Waals surface area contributed by atoms with Crippen molar-refractivity contribution in [3.63, 3.8) is 0 Å². The van der Waals surface area contributed by atoms with Gasteiger partial charge in [-0.2, -0.15) is 0 Å². The molecule has 0 aromatic heterocycles. The molecular formula is C45H59N3O10. The monoisotopic (exact) mass is 801 g/mol. The molecule has 2 N–H and O–H groups in total. The Bertz CT molecular complexity index is 1820. The van der Waals surface area contributed by atoms with Crippen LogP contribution in [0.1, 0.15) is 102 Å². The third kappa shape index (κ3) is 8.97. The molecule has 3 fully saturated rings. The zero-order valence-corrected chi connectivity index (χ0v) is 33.7. The highest BCUT2D eigenvalue weighted by Crippen LogP contribution is 2.62. The van der Waals surface area contributed by atoms with E-state index in [0.717, 1.165) is 81.1 Å². The van der Waals surface area contributed by atoms with Crippen molar-refractivity contribution in [2.45, 2.75) is 114 Å². The minimum atomic E-state index is -1.33. The lowest BCUT2D eigenvalue weighted by Crippen LogP contribution is -2.70. The number of aliphatic hydroxyl groups excluding tert-OH is 2. The van der Waals surface area contributed by atoms with Crippen molar-refractivity contribution in [3.05, 3.63) is 82.4 Å². The zero-order valence-electron chi connectivity index (χ0n) is 33.7. The van der Waals surface area contributed by atoms with E-state index in [1.165, 1.54) is 12.1 Å². The van der Waals surface area contributed by atoms with Crippen LogP contribution < -0.4 is 9.47 Å². The van der Waals surface area contributed by atoms with Gasteiger partial charge in [-0.05, 0) is 99.5 Å². The van der Waals surface area contributed by atoms with Gasteiger partial charge in [-0.25, -0.2) is 0 Å². The number of hydrogen-bond acceptors (Lipinski definition) is 11. The number of ether oxygens (including phenoxy) is 4. The predicted octanol–water partition coefficient (Wildman–Crippen LogP) is 8.20. The van der Waals surface area contributed by atoms with E-state index in [1.807, 2.05) is 17.0 Å². The molecular weight excluding hydrogens is 743 g/mol. The van der Waals surface area contributed by atoms with Gasteiger partial charge in [0.15, 0.2) is 0 Å². The average Bonchev–Trinajstić information content (AvgIpc) is 4.09. The van der Waals surface area contributed by atoms with Gasteiger partial charge in [0.1, 0.15) is 23.3 Å². The smallest absolute Gasteiger partial charge is 0.273 e. The van der Waals surface area contributed by atoms with Gasteiger partial charge in [0.25, 0.3) is 5.69 Å². The molecule has 2 aliphatic heterocycles. The molecule has 1 amide bonds. The highest BCUT2D eigenvalue weighted by atomic mass is 16.8. The molecule has 2 aromatic rings. The lowest BCUT2D eigenvalue weighted by Gasteiger charge is -2.60. The molecule has 3 aliphatic carbocycles. The third-order valence-corrected chi connectivity index (χ3v) is 12.4. The van der Waals surface area contributed by atoms with Crippen molar-refractivity contribution in [2.24, 2.45) is 28.8 Å². The van der Waals surface area contributed by atoms with E-state index in [2.05, 4.69) is 19.6 Å². The molecule has 0 spiro atoms. The minimum Gasteiger partial charge on any atom is -0.459 e. The third-order valence-electron chi connectivity index (χ3n) is 12.4. The van der Waals surface area contributed by atoms with Gasteiger partial charge in [0, 0.05) is 56.1 Å². The number of nitrogens with zero attached hydrogens (tertiary/aromatic N) is 3. The van der Waals surface area contributed by atoms with E-state index in [0.29, 0.717) is 49.7 Å². The molecule has 7 rings (SSSR count). The van der Waals surface area contributed by atoms with Gasteiger partial charge in [-0.15, -0.1) is 6.58 Å². The van der Waals surface area contributed by atoms with Gasteiger partial charge in [0.2, 0.25) is 18.0 Å². The molecule has 0 radical (unpaired) electrons. The predicted molar refractivity (Wildman–Crippen MR) is 218 cm³/mol. The summed E-state index contributed by atoms with van der Waals surface area (Å²) in [6.07, 6.45) is 13.6. The van der Waals surface area contributed by atoms with Gasteiger partial charge in [0.05, 0.1) is 35.8 Å². The Morgan fingerprint density at radius 2 is 1.86 bits per heavy atom. The Morgan fingerprint density at radius 3 is 2.57 bits per heavy atom. The Kier molecular flexibility index (Phi) is 13.8. The molecule has 5 aliphatic rings. The van der Waals surface area contributed by atoms with Gasteiger partial charge >= 0.3 is 0 Å². The van der Waals surface area contributed by atoms with Gasteiger partial charge in [-0.3, -0.25) is 14.9 Å². The second-order valence-electron chi connectivity index (χ2n) is 16.3. The number of nitro groups is 1. The van der Waals surface area contributed by atoms with E-state index in [9.17, 15) is 25.1 Å². The van der Waals surface area contributed by atoms with Crippen LogP contribution in [-0.2, 0) is 19.1 Å². The largest absolute Gasteiger partial charge is 0.459 e. The molecule has 13 nitrogen and oxygen atoms in total. The molecule has 314 valence electrons. The first-order valence-electron chi connectivity index (χ1n) is 21.4. The summed E-state index contributed by atoms with van der Waals surface area (Å²) in [6, 6.07) is 11.2. The lowest BCUT2D eigenvalue weighted by atomic mass is 9.55. The summed E-state index contributed by atoms with van der Waals surface area (Å²) in [7, 11) is 0. The Morgan fingerprint density at radius 1 is 1.07 bits per heavy atom. The quantitative estimate of drug-likeness (QED) is 0.0578. The first kappa shape index (κ1) is 41.8. The van der Waals surface area contributed by atoms with Crippen molar-refractivity contribution in [1.29, 1.82) is 0 Å². The molecule has 0 bridgehead atoms. The SMILES string of the molecule is C=CCOC12Oc3ccc(Oc4cccc([N+](=O)[O-])c4)cc3C3C(CCCCO)C(CCCCO)C=C(C(=NOC4CCCCO4)CC1N(CCC)C(=O)C1CC1)C32. The number of hydrogen-bond donors (Lipinski definition) is 2. The Labute approximate surface area is 341 Å². The van der Waals surface area contributed by atoms with Crippen molar-refractivity contribution in [3.8, 4) is 17.2 Å². The number of benzene rings is 2. The Balaban J connectivity index is 1.42. The van der Waals surface area contributed by atoms with E-state index in [4.69, 9.17) is 28.9 Å². The number of nitro benzene ring substituents is 1. The number of carbonyl (C=O) groups is 1. The maximum atomic E-state index is 14.4. The van der Waals surface area contributed by atoms with Crippen molar-refractivity contribution < 1.29 is 43.7 Å². The number of unbranched alkanes of at least 4 members (excludes halogenated alkanes) is 2. The fourth-order valence-electron chi connectivity index (χ4n) is 9.65. The summed E-state index contributed by atoms with van der Waals surface area (Å²) in [6.45, 7) is 7.60. The maximum absolute atomic E-state index is 14.4. The standard InChI is InChI=1S/C45H59N3O10/c1-3-21-47(44(51)30-17-18-30)40-29-38(46-58-41-16-7-10-25-54-41)36-26-31(12-5-8-22-49)35(15-6-9-23-50)42-37-28-34(56-33-14-11-13-32(27-33)48(52)53)19-20-39(37)57-45(40,43(36)42)55-24-4-2/h4,11,13-14,19-20,26-28,30-31,35,40-43,49-50H,2-3,5-10,12,15-18,21-25,29H2,1H3. The van der Waals surface area contributed by atoms with Crippen molar-refractivity contribution >= 4 is 17.3 Å². The molecule has 1 saturated heterocycles. The van der Waals surface area contributed by atoms with Crippen LogP contribution in [0.15, 0.2) is 71.9 Å². The molecule has 2 saturated carbocycles. The van der Waals surface area contributed by atoms with E-state index >= 15 is 0 Å². The number of non-ortho nitro benzene ring substituents is 1. The highest BCUT2D eigenvalue weighted by Gasteiger charge is 2.65. The van der Waals surface area contributed by atoms with Crippen LogP contribution in [0.4, 0.5) is 5.69 Å². The summed E-state index contributed by atoms with van der Waals surface area (Å²) in [4.78, 5) is 33.8. The van der Waals surface area contributed by atoms with Gasteiger partial charge in [-0.1, -0.05) is 43.1 Å². The number of rotatable bonds is 20. The van der Waals surface area contributed by atoms with Crippen LogP contribution in [0, 0.1) is 33.8 Å². The number of amides is 1. The van der Waals surface area contributed by atoms with E-state index < -0.39 is 29.0 Å². The fraction of sp³-hybridized carbons (Fsp3) is 0.600. The molecule has 2 aromatic carbocycles. The second kappa shape index (κ2) is 19.2. The van der Waals surface area contributed by atoms with Crippen LogP contribution in [0.25, 0.3) is 0 Å². The van der Waals surface area contributed by atoms with Crippen LogP contribution in [0.5, 0.6) is 17.2 Å². The first-order chi connectivity index (χ1) is 28.3. The van der Waals surface area contributed by atoms with Crippen LogP contribution in [0.3, 0.4) is 0 Å². The summed E-state index contributed by atoms with van der Waals surface area (Å²) in [5.41, 5.74) is 2.54.